The van der Waals surface area contributed by atoms with E-state index in [9.17, 15) is 22.8 Å². The zero-order valence-electron chi connectivity index (χ0n) is 21.8. The maximum atomic E-state index is 13.7. The number of ether oxygens (including phenoxy) is 1. The van der Waals surface area contributed by atoms with Crippen LogP contribution in [0.2, 0.25) is 0 Å². The number of benzene rings is 2. The summed E-state index contributed by atoms with van der Waals surface area (Å²) >= 11 is 0. The van der Waals surface area contributed by atoms with E-state index < -0.39 is 29.9 Å². The number of nitrogens with zero attached hydrogens (tertiary/aromatic N) is 3. The van der Waals surface area contributed by atoms with Crippen LogP contribution in [0.1, 0.15) is 49.9 Å². The normalized spacial score (nSPS) is 18.8. The molecule has 0 aliphatic carbocycles. The zero-order chi connectivity index (χ0) is 27.5. The number of fused-ring (bicyclic) bond motifs is 2. The van der Waals surface area contributed by atoms with E-state index in [0.29, 0.717) is 51.9 Å². The molecule has 0 saturated carbocycles. The van der Waals surface area contributed by atoms with Gasteiger partial charge in [0.1, 0.15) is 12.3 Å². The number of likely N-dealkylation sites (tertiary alicyclic amines) is 1. The molecule has 1 aromatic heterocycles. The highest BCUT2D eigenvalue weighted by Gasteiger charge is 2.42. The van der Waals surface area contributed by atoms with Gasteiger partial charge in [-0.1, -0.05) is 36.8 Å². The number of carbonyl (C=O) groups excluding carboxylic acids is 2. The molecule has 2 amide bonds. The molecule has 10 heteroatoms. The second-order valence-corrected chi connectivity index (χ2v) is 10.4. The molecule has 5 rings (SSSR count). The molecule has 7 nitrogen and oxygen atoms in total. The zero-order valence-corrected chi connectivity index (χ0v) is 21.8. The van der Waals surface area contributed by atoms with Crippen LogP contribution in [0.25, 0.3) is 11.0 Å². The van der Waals surface area contributed by atoms with Crippen LogP contribution >= 0.6 is 0 Å². The molecule has 0 unspecified atom stereocenters. The van der Waals surface area contributed by atoms with Crippen molar-refractivity contribution in [2.75, 3.05) is 26.2 Å². The first-order chi connectivity index (χ1) is 18.8. The summed E-state index contributed by atoms with van der Waals surface area (Å²) in [5.41, 5.74) is 1.04. The molecule has 0 bridgehead atoms. The van der Waals surface area contributed by atoms with E-state index in [1.54, 1.807) is 17.0 Å². The quantitative estimate of drug-likeness (QED) is 0.496. The summed E-state index contributed by atoms with van der Waals surface area (Å²) in [4.78, 5) is 31.9. The van der Waals surface area contributed by atoms with Crippen molar-refractivity contribution >= 4 is 22.8 Å². The van der Waals surface area contributed by atoms with Gasteiger partial charge in [0.05, 0.1) is 23.1 Å². The standard InChI is InChI=1S/C29H33F3N4O3/c30-29(31,32)26-34-22-10-2-3-11-23(22)36(26)20-25(37)35-17-14-28(15-18-35)13-6-5-9-21-8-1-4-12-24(21)39-19-7-16-33-27(28)38/h1-4,8,10-12H,5-7,9,13-20H2,(H,33,38). The fourth-order valence-corrected chi connectivity index (χ4v) is 5.74. The molecular formula is C29H33F3N4O3. The predicted molar refractivity (Wildman–Crippen MR) is 140 cm³/mol. The van der Waals surface area contributed by atoms with Crippen molar-refractivity contribution in [1.29, 1.82) is 0 Å². The number of aromatic nitrogens is 2. The first kappa shape index (κ1) is 27.0. The third-order valence-corrected chi connectivity index (χ3v) is 7.94. The highest BCUT2D eigenvalue weighted by Crippen LogP contribution is 2.38. The van der Waals surface area contributed by atoms with Crippen LogP contribution < -0.4 is 10.1 Å². The summed E-state index contributed by atoms with van der Waals surface area (Å²) in [6, 6.07) is 14.3. The summed E-state index contributed by atoms with van der Waals surface area (Å²) in [5.74, 6) is -0.599. The van der Waals surface area contributed by atoms with Crippen LogP contribution in [-0.2, 0) is 28.7 Å². The average molecular weight is 543 g/mol. The third-order valence-electron chi connectivity index (χ3n) is 7.94. The van der Waals surface area contributed by atoms with Crippen molar-refractivity contribution in [1.82, 2.24) is 19.8 Å². The van der Waals surface area contributed by atoms with E-state index in [2.05, 4.69) is 16.4 Å². The molecule has 2 aliphatic rings. The summed E-state index contributed by atoms with van der Waals surface area (Å²) in [5, 5.41) is 3.07. The molecule has 1 N–H and O–H groups in total. The molecule has 39 heavy (non-hydrogen) atoms. The van der Waals surface area contributed by atoms with Gasteiger partial charge in [-0.2, -0.15) is 13.2 Å². The highest BCUT2D eigenvalue weighted by molar-refractivity contribution is 5.84. The summed E-state index contributed by atoms with van der Waals surface area (Å²) in [6.07, 6.45) is 0.288. The van der Waals surface area contributed by atoms with Gasteiger partial charge in [-0.05, 0) is 62.3 Å². The summed E-state index contributed by atoms with van der Waals surface area (Å²) in [6.45, 7) is 1.21. The number of amides is 2. The average Bonchev–Trinajstić information content (AvgIpc) is 3.30. The van der Waals surface area contributed by atoms with Gasteiger partial charge in [-0.15, -0.1) is 0 Å². The van der Waals surface area contributed by atoms with Gasteiger partial charge in [0, 0.05) is 19.6 Å². The molecule has 2 aliphatic heterocycles. The van der Waals surface area contributed by atoms with E-state index in [-0.39, 0.29) is 16.9 Å². The Labute approximate surface area is 225 Å². The Balaban J connectivity index is 1.27. The number of para-hydroxylation sites is 3. The van der Waals surface area contributed by atoms with Crippen LogP contribution in [0.3, 0.4) is 0 Å². The first-order valence-electron chi connectivity index (χ1n) is 13.6. The lowest BCUT2D eigenvalue weighted by molar-refractivity contribution is -0.149. The Kier molecular flexibility index (Phi) is 7.81. The van der Waals surface area contributed by atoms with Crippen molar-refractivity contribution in [2.45, 2.75) is 57.7 Å². The minimum Gasteiger partial charge on any atom is -0.493 e. The number of rotatable bonds is 2. The summed E-state index contributed by atoms with van der Waals surface area (Å²) in [7, 11) is 0. The van der Waals surface area contributed by atoms with Crippen molar-refractivity contribution in [3.8, 4) is 5.75 Å². The Morgan fingerprint density at radius 3 is 2.54 bits per heavy atom. The lowest BCUT2D eigenvalue weighted by atomic mass is 9.73. The van der Waals surface area contributed by atoms with E-state index >= 15 is 0 Å². The van der Waals surface area contributed by atoms with Gasteiger partial charge in [0.15, 0.2) is 0 Å². The molecule has 3 heterocycles. The number of nitrogens with one attached hydrogen (secondary N) is 1. The number of alkyl halides is 3. The second kappa shape index (κ2) is 11.3. The number of carbonyl (C=O) groups is 2. The van der Waals surface area contributed by atoms with Gasteiger partial charge in [-0.3, -0.25) is 9.59 Å². The molecule has 0 atom stereocenters. The van der Waals surface area contributed by atoms with E-state index in [1.807, 2.05) is 18.2 Å². The fourth-order valence-electron chi connectivity index (χ4n) is 5.74. The van der Waals surface area contributed by atoms with Crippen molar-refractivity contribution in [3.05, 3.63) is 59.9 Å². The fraction of sp³-hybridized carbons (Fsp3) is 0.483. The molecule has 1 spiro atoms. The molecule has 3 aromatic rings. The second-order valence-electron chi connectivity index (χ2n) is 10.4. The number of hydrogen-bond donors (Lipinski definition) is 1. The van der Waals surface area contributed by atoms with Gasteiger partial charge in [0.2, 0.25) is 17.6 Å². The highest BCUT2D eigenvalue weighted by atomic mass is 19.4. The minimum absolute atomic E-state index is 0.00804. The Hall–Kier alpha value is -3.56. The van der Waals surface area contributed by atoms with Crippen LogP contribution in [0.5, 0.6) is 5.75 Å². The molecule has 2 aromatic carbocycles. The lowest BCUT2D eigenvalue weighted by Crippen LogP contribution is -2.51. The molecule has 0 radical (unpaired) electrons. The number of imidazole rings is 1. The van der Waals surface area contributed by atoms with Crippen molar-refractivity contribution < 1.29 is 27.5 Å². The van der Waals surface area contributed by atoms with Gasteiger partial charge in [-0.25, -0.2) is 4.98 Å². The monoisotopic (exact) mass is 542 g/mol. The van der Waals surface area contributed by atoms with Crippen molar-refractivity contribution in [3.63, 3.8) is 0 Å². The van der Waals surface area contributed by atoms with Crippen LogP contribution in [0.4, 0.5) is 13.2 Å². The maximum Gasteiger partial charge on any atom is 0.449 e. The topological polar surface area (TPSA) is 76.5 Å². The third kappa shape index (κ3) is 5.89. The Morgan fingerprint density at radius 2 is 1.74 bits per heavy atom. The predicted octanol–water partition coefficient (Wildman–Crippen LogP) is 4.98. The van der Waals surface area contributed by atoms with Crippen LogP contribution in [0.15, 0.2) is 48.5 Å². The van der Waals surface area contributed by atoms with E-state index in [0.717, 1.165) is 35.1 Å². The molecule has 1 fully saturated rings. The summed E-state index contributed by atoms with van der Waals surface area (Å²) < 4.78 is 48.0. The van der Waals surface area contributed by atoms with Gasteiger partial charge >= 0.3 is 6.18 Å². The smallest absolute Gasteiger partial charge is 0.449 e. The van der Waals surface area contributed by atoms with Gasteiger partial charge in [0.25, 0.3) is 0 Å². The minimum atomic E-state index is -4.68. The Morgan fingerprint density at radius 1 is 1.00 bits per heavy atom. The van der Waals surface area contributed by atoms with Crippen molar-refractivity contribution in [2.24, 2.45) is 5.41 Å². The molecule has 1 saturated heterocycles. The maximum absolute atomic E-state index is 13.7. The number of hydrogen-bond acceptors (Lipinski definition) is 4. The van der Waals surface area contributed by atoms with Crippen LogP contribution in [-0.4, -0.2) is 52.5 Å². The SMILES string of the molecule is O=C(Cn1c(C(F)(F)F)nc2ccccc21)N1CCC2(CCCCc3ccccc3OCCCNC2=O)CC1. The van der Waals surface area contributed by atoms with Gasteiger partial charge < -0.3 is 19.5 Å². The van der Waals surface area contributed by atoms with Crippen LogP contribution in [0, 0.1) is 5.41 Å². The Bertz CT molecular complexity index is 1330. The van der Waals surface area contributed by atoms with E-state index in [4.69, 9.17) is 4.74 Å². The lowest BCUT2D eigenvalue weighted by Gasteiger charge is -2.41. The molecule has 208 valence electrons. The molecular weight excluding hydrogens is 509 g/mol. The number of halogens is 3. The number of aryl methyl sites for hydroxylation is 1. The largest absolute Gasteiger partial charge is 0.493 e. The first-order valence-corrected chi connectivity index (χ1v) is 13.6. The van der Waals surface area contributed by atoms with E-state index in [1.165, 1.54) is 12.1 Å². The number of piperidine rings is 1.